The summed E-state index contributed by atoms with van der Waals surface area (Å²) in [5, 5.41) is 4.04. The molecule has 0 unspecified atom stereocenters. The third-order valence-electron chi connectivity index (χ3n) is 2.05. The first-order chi connectivity index (χ1) is 7.72. The van der Waals surface area contributed by atoms with E-state index in [4.69, 9.17) is 5.73 Å². The number of carbonyl (C=O) groups excluding carboxylic acids is 1. The van der Waals surface area contributed by atoms with Crippen molar-refractivity contribution < 1.29 is 9.53 Å². The van der Waals surface area contributed by atoms with Crippen LogP contribution in [-0.4, -0.2) is 27.8 Å². The van der Waals surface area contributed by atoms with Crippen molar-refractivity contribution in [3.63, 3.8) is 0 Å². The molecule has 0 bridgehead atoms. The molecule has 16 heavy (non-hydrogen) atoms. The van der Waals surface area contributed by atoms with Crippen LogP contribution in [0.25, 0.3) is 5.69 Å². The molecule has 82 valence electrons. The van der Waals surface area contributed by atoms with Gasteiger partial charge in [0.2, 0.25) is 0 Å². The smallest absolute Gasteiger partial charge is 0.360 e. The monoisotopic (exact) mass is 218 g/mol. The van der Waals surface area contributed by atoms with Crippen molar-refractivity contribution in [3.8, 4) is 5.69 Å². The number of carbonyl (C=O) groups is 1. The fourth-order valence-electron chi connectivity index (χ4n) is 1.27. The molecule has 2 N–H and O–H groups in total. The van der Waals surface area contributed by atoms with Gasteiger partial charge in [-0.1, -0.05) is 0 Å². The van der Waals surface area contributed by atoms with Gasteiger partial charge in [-0.2, -0.15) is 5.10 Å². The van der Waals surface area contributed by atoms with Crippen molar-refractivity contribution in [2.24, 2.45) is 0 Å². The summed E-state index contributed by atoms with van der Waals surface area (Å²) >= 11 is 0. The molecular formula is C10H10N4O2. The second kappa shape index (κ2) is 4.01. The Kier molecular flexibility index (Phi) is 2.55. The number of anilines is 1. The molecule has 6 nitrogen and oxygen atoms in total. The van der Waals surface area contributed by atoms with E-state index in [1.807, 2.05) is 0 Å². The maximum Gasteiger partial charge on any atom is 0.360 e. The molecule has 0 aromatic carbocycles. The topological polar surface area (TPSA) is 83.0 Å². The van der Waals surface area contributed by atoms with E-state index in [1.165, 1.54) is 11.8 Å². The summed E-state index contributed by atoms with van der Waals surface area (Å²) in [4.78, 5) is 15.2. The van der Waals surface area contributed by atoms with Crippen molar-refractivity contribution in [2.45, 2.75) is 0 Å². The molecule has 2 aromatic rings. The second-order valence-corrected chi connectivity index (χ2v) is 3.07. The molecule has 0 fully saturated rings. The molecule has 0 saturated carbocycles. The van der Waals surface area contributed by atoms with E-state index in [0.717, 1.165) is 5.69 Å². The van der Waals surface area contributed by atoms with Crippen molar-refractivity contribution in [2.75, 3.05) is 12.8 Å². The molecule has 0 radical (unpaired) electrons. The van der Waals surface area contributed by atoms with Crippen molar-refractivity contribution in [1.82, 2.24) is 14.8 Å². The number of nitrogens with zero attached hydrogens (tertiary/aromatic N) is 3. The van der Waals surface area contributed by atoms with Gasteiger partial charge in [-0.15, -0.1) is 0 Å². The largest absolute Gasteiger partial charge is 0.464 e. The van der Waals surface area contributed by atoms with E-state index in [1.54, 1.807) is 30.7 Å². The Morgan fingerprint density at radius 3 is 2.75 bits per heavy atom. The number of aromatic nitrogens is 3. The van der Waals surface area contributed by atoms with Gasteiger partial charge in [0.1, 0.15) is 0 Å². The Morgan fingerprint density at radius 2 is 2.12 bits per heavy atom. The average molecular weight is 218 g/mol. The summed E-state index contributed by atoms with van der Waals surface area (Å²) in [7, 11) is 1.28. The third kappa shape index (κ3) is 1.72. The summed E-state index contributed by atoms with van der Waals surface area (Å²) in [5.41, 5.74) is 6.82. The number of esters is 1. The summed E-state index contributed by atoms with van der Waals surface area (Å²) in [6.07, 6.45) is 4.82. The minimum atomic E-state index is -0.551. The maximum absolute atomic E-state index is 11.3. The van der Waals surface area contributed by atoms with Crippen LogP contribution in [0.4, 0.5) is 5.69 Å². The highest BCUT2D eigenvalue weighted by molar-refractivity contribution is 5.92. The minimum absolute atomic E-state index is 0.110. The molecule has 0 amide bonds. The molecule has 0 saturated heterocycles. The van der Waals surface area contributed by atoms with Crippen molar-refractivity contribution in [3.05, 3.63) is 36.4 Å². The Morgan fingerprint density at radius 1 is 1.44 bits per heavy atom. The van der Waals surface area contributed by atoms with E-state index in [2.05, 4.69) is 14.8 Å². The number of nitrogens with two attached hydrogens (primary N) is 1. The number of pyridine rings is 1. The predicted octanol–water partition coefficient (Wildman–Crippen LogP) is 0.636. The van der Waals surface area contributed by atoms with Crippen LogP contribution in [0, 0.1) is 0 Å². The minimum Gasteiger partial charge on any atom is -0.464 e. The molecule has 0 spiro atoms. The highest BCUT2D eigenvalue weighted by Crippen LogP contribution is 2.14. The van der Waals surface area contributed by atoms with Gasteiger partial charge in [-0.05, 0) is 12.1 Å². The fraction of sp³-hybridized carbons (Fsp3) is 0.100. The number of hydrogen-bond acceptors (Lipinski definition) is 5. The SMILES string of the molecule is COC(=O)c1nn(-c2ccncc2)cc1N. The van der Waals surface area contributed by atoms with E-state index < -0.39 is 5.97 Å². The van der Waals surface area contributed by atoms with Crippen LogP contribution in [0.15, 0.2) is 30.7 Å². The van der Waals surface area contributed by atoms with Gasteiger partial charge in [0.05, 0.1) is 24.7 Å². The molecule has 2 heterocycles. The van der Waals surface area contributed by atoms with Crippen LogP contribution in [0.1, 0.15) is 10.5 Å². The number of ether oxygens (including phenoxy) is 1. The normalized spacial score (nSPS) is 10.1. The first-order valence-corrected chi connectivity index (χ1v) is 4.56. The Labute approximate surface area is 91.7 Å². The molecule has 0 atom stereocenters. The van der Waals surface area contributed by atoms with E-state index in [-0.39, 0.29) is 11.4 Å². The number of rotatable bonds is 2. The Balaban J connectivity index is 2.42. The van der Waals surface area contributed by atoms with Crippen LogP contribution in [0.3, 0.4) is 0 Å². The number of nitrogen functional groups attached to an aromatic ring is 1. The van der Waals surface area contributed by atoms with Crippen molar-refractivity contribution in [1.29, 1.82) is 0 Å². The molecular weight excluding hydrogens is 208 g/mol. The summed E-state index contributed by atoms with van der Waals surface area (Å²) in [5.74, 6) is -0.551. The number of methoxy groups -OCH3 is 1. The third-order valence-corrected chi connectivity index (χ3v) is 2.05. The quantitative estimate of drug-likeness (QED) is 0.748. The van der Waals surface area contributed by atoms with Crippen LogP contribution in [-0.2, 0) is 4.74 Å². The van der Waals surface area contributed by atoms with Gasteiger partial charge >= 0.3 is 5.97 Å². The van der Waals surface area contributed by atoms with Crippen LogP contribution in [0.5, 0.6) is 0 Å². The first kappa shape index (κ1) is 10.2. The number of hydrogen-bond donors (Lipinski definition) is 1. The standard InChI is InChI=1S/C10H10N4O2/c1-16-10(15)9-8(11)6-14(13-9)7-2-4-12-5-3-7/h2-6H,11H2,1H3. The predicted molar refractivity (Wildman–Crippen MR) is 57.1 cm³/mol. The lowest BCUT2D eigenvalue weighted by Crippen LogP contribution is -2.06. The second-order valence-electron chi connectivity index (χ2n) is 3.07. The fourth-order valence-corrected chi connectivity index (χ4v) is 1.27. The molecule has 6 heteroatoms. The lowest BCUT2D eigenvalue weighted by Gasteiger charge is -1.98. The van der Waals surface area contributed by atoms with Gasteiger partial charge in [-0.25, -0.2) is 9.48 Å². The maximum atomic E-state index is 11.3. The molecule has 0 aliphatic heterocycles. The molecule has 0 aliphatic carbocycles. The summed E-state index contributed by atoms with van der Waals surface area (Å²) in [6.45, 7) is 0. The van der Waals surface area contributed by atoms with Gasteiger partial charge in [0.25, 0.3) is 0 Å². The zero-order chi connectivity index (χ0) is 11.5. The molecule has 2 rings (SSSR count). The van der Waals surface area contributed by atoms with Crippen LogP contribution in [0.2, 0.25) is 0 Å². The van der Waals surface area contributed by atoms with Gasteiger partial charge in [-0.3, -0.25) is 4.98 Å². The van der Waals surface area contributed by atoms with Crippen molar-refractivity contribution >= 4 is 11.7 Å². The average Bonchev–Trinajstić information content (AvgIpc) is 2.71. The van der Waals surface area contributed by atoms with E-state index in [0.29, 0.717) is 0 Å². The first-order valence-electron chi connectivity index (χ1n) is 4.56. The van der Waals surface area contributed by atoms with Gasteiger partial charge < -0.3 is 10.5 Å². The lowest BCUT2D eigenvalue weighted by atomic mass is 10.4. The zero-order valence-electron chi connectivity index (χ0n) is 8.62. The summed E-state index contributed by atoms with van der Waals surface area (Å²) in [6, 6.07) is 3.51. The highest BCUT2D eigenvalue weighted by Gasteiger charge is 2.15. The Bertz CT molecular complexity index is 507. The highest BCUT2D eigenvalue weighted by atomic mass is 16.5. The summed E-state index contributed by atoms with van der Waals surface area (Å²) < 4.78 is 6.06. The van der Waals surface area contributed by atoms with Gasteiger partial charge in [0, 0.05) is 12.4 Å². The van der Waals surface area contributed by atoms with Crippen LogP contribution < -0.4 is 5.73 Å². The van der Waals surface area contributed by atoms with Gasteiger partial charge in [0.15, 0.2) is 5.69 Å². The zero-order valence-corrected chi connectivity index (χ0v) is 8.62. The van der Waals surface area contributed by atoms with Crippen LogP contribution >= 0.6 is 0 Å². The Hall–Kier alpha value is -2.37. The molecule has 0 aliphatic rings. The molecule has 2 aromatic heterocycles. The van der Waals surface area contributed by atoms with E-state index in [9.17, 15) is 4.79 Å². The van der Waals surface area contributed by atoms with E-state index >= 15 is 0 Å². The lowest BCUT2D eigenvalue weighted by molar-refractivity contribution is 0.0594.